The van der Waals surface area contributed by atoms with Crippen LogP contribution in [0.5, 0.6) is 5.75 Å². The minimum Gasteiger partial charge on any atom is -0.497 e. The lowest BCUT2D eigenvalue weighted by molar-refractivity contribution is -0.141. The fourth-order valence-electron chi connectivity index (χ4n) is 3.15. The molecule has 0 saturated carbocycles. The Hall–Kier alpha value is -2.82. The first kappa shape index (κ1) is 22.5. The molecule has 5 heteroatoms. The molecule has 1 N–H and O–H groups in total. The summed E-state index contributed by atoms with van der Waals surface area (Å²) in [5.74, 6) is 0.904. The average molecular weight is 397 g/mol. The molecule has 29 heavy (non-hydrogen) atoms. The van der Waals surface area contributed by atoms with Crippen LogP contribution in [0.4, 0.5) is 0 Å². The topological polar surface area (TPSA) is 58.6 Å². The summed E-state index contributed by atoms with van der Waals surface area (Å²) in [6, 6.07) is 16.9. The Kier molecular flexibility index (Phi) is 8.71. The largest absolute Gasteiger partial charge is 0.497 e. The van der Waals surface area contributed by atoms with E-state index in [1.165, 1.54) is 0 Å². The number of nitrogens with one attached hydrogen (secondary N) is 1. The maximum atomic E-state index is 13.1. The number of hydrogen-bond donors (Lipinski definition) is 1. The first-order chi connectivity index (χ1) is 13.9. The number of carbonyl (C=O) groups excluding carboxylic acids is 2. The molecule has 2 aromatic carbocycles. The van der Waals surface area contributed by atoms with Gasteiger partial charge in [0.1, 0.15) is 11.8 Å². The van der Waals surface area contributed by atoms with Gasteiger partial charge in [-0.05, 0) is 29.2 Å². The predicted molar refractivity (Wildman–Crippen MR) is 116 cm³/mol. The van der Waals surface area contributed by atoms with E-state index in [1.807, 2.05) is 61.5 Å². The molecule has 2 aromatic rings. The third-order valence-corrected chi connectivity index (χ3v) is 4.75. The third-order valence-electron chi connectivity index (χ3n) is 4.75. The van der Waals surface area contributed by atoms with Crippen LogP contribution < -0.4 is 10.1 Å². The minimum absolute atomic E-state index is 0.0477. The SMILES string of the molecule is CCC(=O)N(Cc1cccc(OC)c1)[C@H](Cc1ccccc1)C(=O)NCC(C)C. The molecular weight excluding hydrogens is 364 g/mol. The number of hydrogen-bond acceptors (Lipinski definition) is 3. The molecule has 156 valence electrons. The summed E-state index contributed by atoms with van der Waals surface area (Å²) in [4.78, 5) is 27.6. The van der Waals surface area contributed by atoms with Gasteiger partial charge in [-0.25, -0.2) is 0 Å². The van der Waals surface area contributed by atoms with E-state index in [4.69, 9.17) is 4.74 Å². The van der Waals surface area contributed by atoms with Crippen molar-refractivity contribution in [1.29, 1.82) is 0 Å². The molecule has 0 aliphatic heterocycles. The van der Waals surface area contributed by atoms with Gasteiger partial charge < -0.3 is 15.0 Å². The molecule has 0 heterocycles. The lowest BCUT2D eigenvalue weighted by Gasteiger charge is -2.31. The van der Waals surface area contributed by atoms with Crippen LogP contribution in [0.2, 0.25) is 0 Å². The van der Waals surface area contributed by atoms with Crippen LogP contribution in [0.1, 0.15) is 38.3 Å². The molecule has 0 aromatic heterocycles. The van der Waals surface area contributed by atoms with Gasteiger partial charge in [0.15, 0.2) is 0 Å². The second-order valence-electron chi connectivity index (χ2n) is 7.57. The van der Waals surface area contributed by atoms with Crippen molar-refractivity contribution in [3.05, 3.63) is 65.7 Å². The fraction of sp³-hybridized carbons (Fsp3) is 0.417. The second kappa shape index (κ2) is 11.2. The van der Waals surface area contributed by atoms with Crippen molar-refractivity contribution >= 4 is 11.8 Å². The number of methoxy groups -OCH3 is 1. The van der Waals surface area contributed by atoms with Crippen LogP contribution in [0.25, 0.3) is 0 Å². The van der Waals surface area contributed by atoms with Gasteiger partial charge in [-0.1, -0.05) is 63.2 Å². The number of amides is 2. The van der Waals surface area contributed by atoms with Crippen molar-refractivity contribution in [2.75, 3.05) is 13.7 Å². The van der Waals surface area contributed by atoms with Crippen LogP contribution in [-0.4, -0.2) is 36.4 Å². The highest BCUT2D eigenvalue weighted by Crippen LogP contribution is 2.19. The van der Waals surface area contributed by atoms with E-state index in [2.05, 4.69) is 19.2 Å². The van der Waals surface area contributed by atoms with Crippen molar-refractivity contribution < 1.29 is 14.3 Å². The van der Waals surface area contributed by atoms with Crippen LogP contribution >= 0.6 is 0 Å². The zero-order valence-electron chi connectivity index (χ0n) is 17.9. The Morgan fingerprint density at radius 2 is 1.72 bits per heavy atom. The van der Waals surface area contributed by atoms with Gasteiger partial charge in [-0.3, -0.25) is 9.59 Å². The molecule has 0 aliphatic rings. The third kappa shape index (κ3) is 6.93. The zero-order chi connectivity index (χ0) is 21.2. The summed E-state index contributed by atoms with van der Waals surface area (Å²) in [6.07, 6.45) is 0.813. The number of carbonyl (C=O) groups is 2. The molecule has 0 fully saturated rings. The second-order valence-corrected chi connectivity index (χ2v) is 7.57. The Morgan fingerprint density at radius 3 is 2.34 bits per heavy atom. The highest BCUT2D eigenvalue weighted by Gasteiger charge is 2.29. The monoisotopic (exact) mass is 396 g/mol. The van der Waals surface area contributed by atoms with Crippen LogP contribution in [0, 0.1) is 5.92 Å². The molecule has 5 nitrogen and oxygen atoms in total. The van der Waals surface area contributed by atoms with Gasteiger partial charge >= 0.3 is 0 Å². The average Bonchev–Trinajstić information content (AvgIpc) is 2.74. The summed E-state index contributed by atoms with van der Waals surface area (Å²) in [5, 5.41) is 3.01. The number of benzene rings is 2. The van der Waals surface area contributed by atoms with Crippen molar-refractivity contribution in [3.8, 4) is 5.75 Å². The van der Waals surface area contributed by atoms with Gasteiger partial charge in [0.25, 0.3) is 0 Å². The van der Waals surface area contributed by atoms with Crippen molar-refractivity contribution in [3.63, 3.8) is 0 Å². The number of nitrogens with zero attached hydrogens (tertiary/aromatic N) is 1. The lowest BCUT2D eigenvalue weighted by Crippen LogP contribution is -2.50. The van der Waals surface area contributed by atoms with E-state index in [0.717, 1.165) is 16.9 Å². The highest BCUT2D eigenvalue weighted by atomic mass is 16.5. The van der Waals surface area contributed by atoms with E-state index in [1.54, 1.807) is 12.0 Å². The van der Waals surface area contributed by atoms with Gasteiger partial charge in [-0.2, -0.15) is 0 Å². The van der Waals surface area contributed by atoms with Crippen molar-refractivity contribution in [1.82, 2.24) is 10.2 Å². The first-order valence-corrected chi connectivity index (χ1v) is 10.2. The predicted octanol–water partition coefficient (Wildman–Crippen LogP) is 3.82. The van der Waals surface area contributed by atoms with E-state index >= 15 is 0 Å². The Bertz CT molecular complexity index is 790. The normalized spacial score (nSPS) is 11.8. The summed E-state index contributed by atoms with van der Waals surface area (Å²) in [7, 11) is 1.62. The minimum atomic E-state index is -0.574. The molecule has 1 atom stereocenters. The lowest BCUT2D eigenvalue weighted by atomic mass is 10.0. The summed E-state index contributed by atoms with van der Waals surface area (Å²) >= 11 is 0. The Morgan fingerprint density at radius 1 is 1.03 bits per heavy atom. The summed E-state index contributed by atoms with van der Waals surface area (Å²) in [5.41, 5.74) is 1.96. The van der Waals surface area contributed by atoms with Crippen molar-refractivity contribution in [2.45, 2.75) is 46.2 Å². The standard InChI is InChI=1S/C24H32N2O3/c1-5-23(27)26(17-20-12-9-13-21(14-20)29-4)22(24(28)25-16-18(2)3)15-19-10-7-6-8-11-19/h6-14,18,22H,5,15-17H2,1-4H3,(H,25,28)/t22-/m1/s1. The molecule has 0 saturated heterocycles. The summed E-state index contributed by atoms with van der Waals surface area (Å²) < 4.78 is 5.31. The maximum absolute atomic E-state index is 13.1. The van der Waals surface area contributed by atoms with Gasteiger partial charge in [0.2, 0.25) is 11.8 Å². The van der Waals surface area contributed by atoms with E-state index in [9.17, 15) is 9.59 Å². The first-order valence-electron chi connectivity index (χ1n) is 10.2. The van der Waals surface area contributed by atoms with Crippen LogP contribution in [0.15, 0.2) is 54.6 Å². The molecule has 0 bridgehead atoms. The number of ether oxygens (including phenoxy) is 1. The zero-order valence-corrected chi connectivity index (χ0v) is 17.9. The van der Waals surface area contributed by atoms with Crippen molar-refractivity contribution in [2.24, 2.45) is 5.92 Å². The van der Waals surface area contributed by atoms with Gasteiger partial charge in [0.05, 0.1) is 7.11 Å². The van der Waals surface area contributed by atoms with E-state index in [0.29, 0.717) is 31.8 Å². The smallest absolute Gasteiger partial charge is 0.243 e. The number of rotatable bonds is 10. The molecule has 0 spiro atoms. The molecule has 2 rings (SSSR count). The fourth-order valence-corrected chi connectivity index (χ4v) is 3.15. The van der Waals surface area contributed by atoms with E-state index in [-0.39, 0.29) is 11.8 Å². The van der Waals surface area contributed by atoms with Crippen LogP contribution in [0.3, 0.4) is 0 Å². The van der Waals surface area contributed by atoms with Crippen LogP contribution in [-0.2, 0) is 22.6 Å². The maximum Gasteiger partial charge on any atom is 0.243 e. The molecule has 2 amide bonds. The Balaban J connectivity index is 2.33. The quantitative estimate of drug-likeness (QED) is 0.664. The Labute approximate surface area is 174 Å². The van der Waals surface area contributed by atoms with E-state index < -0.39 is 6.04 Å². The van der Waals surface area contributed by atoms with Gasteiger partial charge in [0, 0.05) is 25.9 Å². The summed E-state index contributed by atoms with van der Waals surface area (Å²) in [6.45, 7) is 6.87. The molecule has 0 radical (unpaired) electrons. The van der Waals surface area contributed by atoms with Gasteiger partial charge in [-0.15, -0.1) is 0 Å². The highest BCUT2D eigenvalue weighted by molar-refractivity contribution is 5.87. The molecular formula is C24H32N2O3. The molecule has 0 unspecified atom stereocenters. The molecule has 0 aliphatic carbocycles.